The van der Waals surface area contributed by atoms with Gasteiger partial charge in [-0.3, -0.25) is 0 Å². The Kier molecular flexibility index (Phi) is 5.45. The van der Waals surface area contributed by atoms with Gasteiger partial charge in [-0.1, -0.05) is 56.9 Å². The Morgan fingerprint density at radius 3 is 2.47 bits per heavy atom. The number of hydrogen-bond donors (Lipinski definition) is 1. The Morgan fingerprint density at radius 1 is 1.16 bits per heavy atom. The fourth-order valence-electron chi connectivity index (χ4n) is 3.57. The minimum absolute atomic E-state index is 0.351. The SMILES string of the molecule is CCCC1CCC(C(N)Cc2ccccc2C)CC1. The maximum absolute atomic E-state index is 6.47. The molecule has 1 fully saturated rings. The zero-order valence-corrected chi connectivity index (χ0v) is 12.6. The Bertz CT molecular complexity index is 377. The summed E-state index contributed by atoms with van der Waals surface area (Å²) < 4.78 is 0. The molecule has 1 saturated carbocycles. The highest BCUT2D eigenvalue weighted by Gasteiger charge is 2.25. The van der Waals surface area contributed by atoms with E-state index >= 15 is 0 Å². The second kappa shape index (κ2) is 7.09. The number of hydrogen-bond acceptors (Lipinski definition) is 1. The molecule has 1 heteroatoms. The van der Waals surface area contributed by atoms with Gasteiger partial charge in [-0.15, -0.1) is 0 Å². The molecule has 2 N–H and O–H groups in total. The van der Waals surface area contributed by atoms with Crippen molar-refractivity contribution in [1.82, 2.24) is 0 Å². The first-order valence-corrected chi connectivity index (χ1v) is 8.00. The molecule has 1 aromatic carbocycles. The molecule has 106 valence electrons. The van der Waals surface area contributed by atoms with Crippen molar-refractivity contribution < 1.29 is 0 Å². The number of aryl methyl sites for hydroxylation is 1. The summed E-state index contributed by atoms with van der Waals surface area (Å²) in [5.41, 5.74) is 9.29. The van der Waals surface area contributed by atoms with Crippen LogP contribution < -0.4 is 5.73 Å². The average Bonchev–Trinajstić information content (AvgIpc) is 2.42. The number of benzene rings is 1. The standard InChI is InChI=1S/C18H29N/c1-3-6-15-9-11-16(12-10-15)18(19)13-17-8-5-4-7-14(17)2/h4-5,7-8,15-16,18H,3,6,9-13,19H2,1-2H3. The molecule has 0 aliphatic heterocycles. The van der Waals surface area contributed by atoms with Crippen molar-refractivity contribution in [2.24, 2.45) is 17.6 Å². The quantitative estimate of drug-likeness (QED) is 0.829. The minimum atomic E-state index is 0.351. The van der Waals surface area contributed by atoms with Crippen LogP contribution in [0, 0.1) is 18.8 Å². The zero-order chi connectivity index (χ0) is 13.7. The van der Waals surface area contributed by atoms with Gasteiger partial charge in [-0.25, -0.2) is 0 Å². The summed E-state index contributed by atoms with van der Waals surface area (Å²) >= 11 is 0. The van der Waals surface area contributed by atoms with Crippen LogP contribution in [0.15, 0.2) is 24.3 Å². The summed E-state index contributed by atoms with van der Waals surface area (Å²) in [6, 6.07) is 9.02. The van der Waals surface area contributed by atoms with Crippen LogP contribution in [0.1, 0.15) is 56.6 Å². The Labute approximate surface area is 118 Å². The summed E-state index contributed by atoms with van der Waals surface area (Å²) in [7, 11) is 0. The molecule has 0 radical (unpaired) electrons. The molecular weight excluding hydrogens is 230 g/mol. The first-order chi connectivity index (χ1) is 9.20. The lowest BCUT2D eigenvalue weighted by atomic mass is 9.76. The van der Waals surface area contributed by atoms with Crippen LogP contribution in [0.4, 0.5) is 0 Å². The first-order valence-electron chi connectivity index (χ1n) is 8.00. The lowest BCUT2D eigenvalue weighted by Crippen LogP contribution is -2.35. The molecule has 2 rings (SSSR count). The van der Waals surface area contributed by atoms with Crippen molar-refractivity contribution in [1.29, 1.82) is 0 Å². The van der Waals surface area contributed by atoms with Crippen LogP contribution in [-0.2, 0) is 6.42 Å². The van der Waals surface area contributed by atoms with E-state index in [0.29, 0.717) is 6.04 Å². The van der Waals surface area contributed by atoms with Gasteiger partial charge in [0.15, 0.2) is 0 Å². The molecule has 0 heterocycles. The lowest BCUT2D eigenvalue weighted by molar-refractivity contribution is 0.232. The van der Waals surface area contributed by atoms with E-state index in [1.165, 1.54) is 49.7 Å². The fourth-order valence-corrected chi connectivity index (χ4v) is 3.57. The Morgan fingerprint density at radius 2 is 1.84 bits per heavy atom. The maximum atomic E-state index is 6.47. The average molecular weight is 259 g/mol. The molecule has 0 aromatic heterocycles. The van der Waals surface area contributed by atoms with E-state index in [2.05, 4.69) is 38.1 Å². The predicted molar refractivity (Wildman–Crippen MR) is 83.2 cm³/mol. The predicted octanol–water partition coefficient (Wildman–Crippen LogP) is 4.47. The topological polar surface area (TPSA) is 26.0 Å². The van der Waals surface area contributed by atoms with Crippen molar-refractivity contribution in [3.63, 3.8) is 0 Å². The monoisotopic (exact) mass is 259 g/mol. The summed E-state index contributed by atoms with van der Waals surface area (Å²) in [6.07, 6.45) is 9.30. The third-order valence-corrected chi connectivity index (χ3v) is 4.91. The lowest BCUT2D eigenvalue weighted by Gasteiger charge is -2.32. The third kappa shape index (κ3) is 4.07. The molecule has 1 aliphatic carbocycles. The largest absolute Gasteiger partial charge is 0.327 e. The molecule has 0 bridgehead atoms. The van der Waals surface area contributed by atoms with E-state index in [9.17, 15) is 0 Å². The second-order valence-electron chi connectivity index (χ2n) is 6.36. The molecule has 1 unspecified atom stereocenters. The van der Waals surface area contributed by atoms with E-state index in [1.807, 2.05) is 0 Å². The molecule has 19 heavy (non-hydrogen) atoms. The van der Waals surface area contributed by atoms with Gasteiger partial charge in [-0.05, 0) is 49.1 Å². The minimum Gasteiger partial charge on any atom is -0.327 e. The van der Waals surface area contributed by atoms with Crippen molar-refractivity contribution in [3.8, 4) is 0 Å². The van der Waals surface area contributed by atoms with E-state index in [1.54, 1.807) is 0 Å². The highest BCUT2D eigenvalue weighted by atomic mass is 14.7. The van der Waals surface area contributed by atoms with Crippen molar-refractivity contribution in [3.05, 3.63) is 35.4 Å². The second-order valence-corrected chi connectivity index (χ2v) is 6.36. The molecule has 1 aromatic rings. The van der Waals surface area contributed by atoms with Crippen molar-refractivity contribution in [2.45, 2.75) is 64.8 Å². The molecule has 0 spiro atoms. The molecule has 1 atom stereocenters. The third-order valence-electron chi connectivity index (χ3n) is 4.91. The van der Waals surface area contributed by atoms with Gasteiger partial charge in [0, 0.05) is 6.04 Å². The Balaban J connectivity index is 1.85. The fraction of sp³-hybridized carbons (Fsp3) is 0.667. The first kappa shape index (κ1) is 14.6. The van der Waals surface area contributed by atoms with Crippen molar-refractivity contribution in [2.75, 3.05) is 0 Å². The number of rotatable bonds is 5. The van der Waals surface area contributed by atoms with Crippen LogP contribution in [0.25, 0.3) is 0 Å². The summed E-state index contributed by atoms with van der Waals surface area (Å²) in [4.78, 5) is 0. The van der Waals surface area contributed by atoms with Gasteiger partial charge in [0.2, 0.25) is 0 Å². The molecule has 0 saturated heterocycles. The zero-order valence-electron chi connectivity index (χ0n) is 12.6. The van der Waals surface area contributed by atoms with Crippen LogP contribution >= 0.6 is 0 Å². The summed E-state index contributed by atoms with van der Waals surface area (Å²) in [5, 5.41) is 0. The normalized spacial score (nSPS) is 25.2. The molecule has 1 nitrogen and oxygen atoms in total. The van der Waals surface area contributed by atoms with E-state index in [0.717, 1.165) is 18.3 Å². The van der Waals surface area contributed by atoms with Crippen LogP contribution in [0.2, 0.25) is 0 Å². The van der Waals surface area contributed by atoms with Gasteiger partial charge in [0.25, 0.3) is 0 Å². The highest BCUT2D eigenvalue weighted by molar-refractivity contribution is 5.26. The maximum Gasteiger partial charge on any atom is 0.0108 e. The molecule has 0 amide bonds. The number of nitrogens with two attached hydrogens (primary N) is 1. The van der Waals surface area contributed by atoms with E-state index < -0.39 is 0 Å². The van der Waals surface area contributed by atoms with Gasteiger partial charge in [-0.2, -0.15) is 0 Å². The van der Waals surface area contributed by atoms with Crippen LogP contribution in [0.3, 0.4) is 0 Å². The van der Waals surface area contributed by atoms with Crippen LogP contribution in [0.5, 0.6) is 0 Å². The van der Waals surface area contributed by atoms with Crippen LogP contribution in [-0.4, -0.2) is 6.04 Å². The van der Waals surface area contributed by atoms with Crippen molar-refractivity contribution >= 4 is 0 Å². The summed E-state index contributed by atoms with van der Waals surface area (Å²) in [6.45, 7) is 4.50. The van der Waals surface area contributed by atoms with Gasteiger partial charge < -0.3 is 5.73 Å². The molecular formula is C18H29N. The van der Waals surface area contributed by atoms with Gasteiger partial charge >= 0.3 is 0 Å². The van der Waals surface area contributed by atoms with Gasteiger partial charge in [0.05, 0.1) is 0 Å². The van der Waals surface area contributed by atoms with E-state index in [4.69, 9.17) is 5.73 Å². The smallest absolute Gasteiger partial charge is 0.0108 e. The van der Waals surface area contributed by atoms with Gasteiger partial charge in [0.1, 0.15) is 0 Å². The summed E-state index contributed by atoms with van der Waals surface area (Å²) in [5.74, 6) is 1.72. The molecule has 1 aliphatic rings. The Hall–Kier alpha value is -0.820. The van der Waals surface area contributed by atoms with E-state index in [-0.39, 0.29) is 0 Å². The highest BCUT2D eigenvalue weighted by Crippen LogP contribution is 2.33.